The summed E-state index contributed by atoms with van der Waals surface area (Å²) < 4.78 is 0. The fraction of sp³-hybridized carbons (Fsp3) is 0.389. The van der Waals surface area contributed by atoms with Gasteiger partial charge in [0.25, 0.3) is 0 Å². The number of hydrogen-bond acceptors (Lipinski definition) is 3. The predicted octanol–water partition coefficient (Wildman–Crippen LogP) is 3.90. The van der Waals surface area contributed by atoms with Gasteiger partial charge in [0.15, 0.2) is 5.96 Å². The van der Waals surface area contributed by atoms with Crippen LogP contribution in [0.3, 0.4) is 0 Å². The van der Waals surface area contributed by atoms with Gasteiger partial charge >= 0.3 is 0 Å². The van der Waals surface area contributed by atoms with Crippen LogP contribution in [0.4, 0.5) is 5.69 Å². The van der Waals surface area contributed by atoms with E-state index < -0.39 is 0 Å². The zero-order valence-corrected chi connectivity index (χ0v) is 17.9. The van der Waals surface area contributed by atoms with E-state index in [4.69, 9.17) is 0 Å². The molecule has 0 saturated carbocycles. The number of hydrogen-bond donors (Lipinski definition) is 2. The first-order chi connectivity index (χ1) is 11.1. The van der Waals surface area contributed by atoms with Crippen molar-refractivity contribution in [2.75, 3.05) is 32.6 Å². The molecule has 1 unspecified atom stereocenters. The van der Waals surface area contributed by atoms with E-state index in [1.54, 1.807) is 18.4 Å². The van der Waals surface area contributed by atoms with Crippen molar-refractivity contribution >= 4 is 47.0 Å². The highest BCUT2D eigenvalue weighted by Gasteiger charge is 2.07. The number of benzene rings is 1. The molecule has 6 heteroatoms. The first-order valence-corrected chi connectivity index (χ1v) is 8.72. The van der Waals surface area contributed by atoms with E-state index in [1.807, 2.05) is 14.1 Å². The molecule has 0 aliphatic rings. The SMILES string of the molecule is CN=C(NCc1ccc(N(C)C)cc1)NCC(C)c1cccs1.I. The molecule has 0 spiro atoms. The standard InChI is InChI=1S/C18H26N4S.HI/c1-14(17-6-5-11-23-17)12-20-18(19-2)21-13-15-7-9-16(10-8-15)22(3)4;/h5-11,14H,12-13H2,1-4H3,(H2,19,20,21);1H. The molecule has 1 heterocycles. The van der Waals surface area contributed by atoms with Crippen LogP contribution in [-0.4, -0.2) is 33.6 Å². The minimum Gasteiger partial charge on any atom is -0.378 e. The number of nitrogens with zero attached hydrogens (tertiary/aromatic N) is 2. The number of anilines is 1. The Morgan fingerprint density at radius 3 is 2.42 bits per heavy atom. The summed E-state index contributed by atoms with van der Waals surface area (Å²) in [5.74, 6) is 1.32. The van der Waals surface area contributed by atoms with Gasteiger partial charge in [0.2, 0.25) is 0 Å². The van der Waals surface area contributed by atoms with E-state index in [2.05, 4.69) is 69.2 Å². The number of halogens is 1. The van der Waals surface area contributed by atoms with Crippen LogP contribution in [0.25, 0.3) is 0 Å². The van der Waals surface area contributed by atoms with Gasteiger partial charge in [-0.3, -0.25) is 4.99 Å². The summed E-state index contributed by atoms with van der Waals surface area (Å²) in [6.45, 7) is 3.87. The molecule has 0 saturated heterocycles. The average molecular weight is 458 g/mol. The van der Waals surface area contributed by atoms with E-state index >= 15 is 0 Å². The molecule has 132 valence electrons. The highest BCUT2D eigenvalue weighted by molar-refractivity contribution is 14.0. The molecule has 0 aliphatic heterocycles. The van der Waals surface area contributed by atoms with Gasteiger partial charge in [-0.1, -0.05) is 25.1 Å². The Hall–Kier alpha value is -1.28. The van der Waals surface area contributed by atoms with E-state index in [0.29, 0.717) is 5.92 Å². The Morgan fingerprint density at radius 1 is 1.17 bits per heavy atom. The third kappa shape index (κ3) is 6.32. The van der Waals surface area contributed by atoms with Gasteiger partial charge in [0.1, 0.15) is 0 Å². The molecule has 24 heavy (non-hydrogen) atoms. The number of rotatable bonds is 6. The average Bonchev–Trinajstić information content (AvgIpc) is 3.09. The maximum Gasteiger partial charge on any atom is 0.191 e. The Bertz CT molecular complexity index is 608. The molecule has 0 fully saturated rings. The van der Waals surface area contributed by atoms with Crippen LogP contribution in [0, 0.1) is 0 Å². The first kappa shape index (κ1) is 20.8. The second kappa shape index (κ2) is 10.6. The predicted molar refractivity (Wildman–Crippen MR) is 117 cm³/mol. The summed E-state index contributed by atoms with van der Waals surface area (Å²) in [6, 6.07) is 12.8. The molecule has 0 aliphatic carbocycles. The van der Waals surface area contributed by atoms with Crippen molar-refractivity contribution in [1.29, 1.82) is 0 Å². The third-order valence-electron chi connectivity index (χ3n) is 3.74. The summed E-state index contributed by atoms with van der Waals surface area (Å²) in [6.07, 6.45) is 0. The summed E-state index contributed by atoms with van der Waals surface area (Å²) >= 11 is 1.80. The molecule has 0 radical (unpaired) electrons. The van der Waals surface area contributed by atoms with Crippen LogP contribution in [0.5, 0.6) is 0 Å². The van der Waals surface area contributed by atoms with Crippen LogP contribution in [0.1, 0.15) is 23.3 Å². The van der Waals surface area contributed by atoms with Crippen LogP contribution in [-0.2, 0) is 6.54 Å². The minimum absolute atomic E-state index is 0. The number of nitrogens with one attached hydrogen (secondary N) is 2. The summed E-state index contributed by atoms with van der Waals surface area (Å²) in [5.41, 5.74) is 2.45. The van der Waals surface area contributed by atoms with Gasteiger partial charge in [0, 0.05) is 50.7 Å². The molecule has 1 aromatic carbocycles. The molecule has 2 N–H and O–H groups in total. The molecular weight excluding hydrogens is 431 g/mol. The van der Waals surface area contributed by atoms with Crippen LogP contribution in [0.15, 0.2) is 46.8 Å². The normalized spacial score (nSPS) is 12.2. The van der Waals surface area contributed by atoms with E-state index in [9.17, 15) is 0 Å². The van der Waals surface area contributed by atoms with Crippen molar-refractivity contribution in [3.8, 4) is 0 Å². The fourth-order valence-electron chi connectivity index (χ4n) is 2.24. The lowest BCUT2D eigenvalue weighted by atomic mass is 10.1. The van der Waals surface area contributed by atoms with Gasteiger partial charge in [-0.2, -0.15) is 0 Å². The summed E-state index contributed by atoms with van der Waals surface area (Å²) in [5, 5.41) is 8.88. The van der Waals surface area contributed by atoms with Gasteiger partial charge in [0.05, 0.1) is 0 Å². The third-order valence-corrected chi connectivity index (χ3v) is 4.84. The molecule has 2 rings (SSSR count). The van der Waals surface area contributed by atoms with Crippen LogP contribution < -0.4 is 15.5 Å². The van der Waals surface area contributed by atoms with Crippen molar-refractivity contribution < 1.29 is 0 Å². The van der Waals surface area contributed by atoms with Gasteiger partial charge < -0.3 is 15.5 Å². The van der Waals surface area contributed by atoms with Gasteiger partial charge in [-0.25, -0.2) is 0 Å². The summed E-state index contributed by atoms with van der Waals surface area (Å²) in [4.78, 5) is 7.79. The monoisotopic (exact) mass is 458 g/mol. The first-order valence-electron chi connectivity index (χ1n) is 7.84. The van der Waals surface area contributed by atoms with E-state index in [0.717, 1.165) is 19.0 Å². The topological polar surface area (TPSA) is 39.7 Å². The van der Waals surface area contributed by atoms with E-state index in [-0.39, 0.29) is 24.0 Å². The molecule has 0 bridgehead atoms. The van der Waals surface area contributed by atoms with Crippen molar-refractivity contribution in [1.82, 2.24) is 10.6 Å². The van der Waals surface area contributed by atoms with Gasteiger partial charge in [-0.05, 0) is 29.1 Å². The lowest BCUT2D eigenvalue weighted by Gasteiger charge is -2.16. The number of aliphatic imine (C=N–C) groups is 1. The summed E-state index contributed by atoms with van der Waals surface area (Å²) in [7, 11) is 5.90. The number of guanidine groups is 1. The molecular formula is C18H27IN4S. The Morgan fingerprint density at radius 2 is 1.88 bits per heavy atom. The second-order valence-corrected chi connectivity index (χ2v) is 6.76. The Kier molecular flexibility index (Phi) is 9.13. The molecule has 1 atom stereocenters. The van der Waals surface area contributed by atoms with Crippen LogP contribution in [0.2, 0.25) is 0 Å². The van der Waals surface area contributed by atoms with Crippen molar-refractivity contribution in [3.05, 3.63) is 52.2 Å². The number of thiophene rings is 1. The quantitative estimate of drug-likeness (QED) is 0.392. The molecule has 1 aromatic heterocycles. The minimum atomic E-state index is 0. The lowest BCUT2D eigenvalue weighted by molar-refractivity contribution is 0.708. The Labute approximate surface area is 166 Å². The van der Waals surface area contributed by atoms with Gasteiger partial charge in [-0.15, -0.1) is 35.3 Å². The van der Waals surface area contributed by atoms with Crippen molar-refractivity contribution in [3.63, 3.8) is 0 Å². The highest BCUT2D eigenvalue weighted by atomic mass is 127. The maximum absolute atomic E-state index is 4.29. The van der Waals surface area contributed by atoms with E-state index in [1.165, 1.54) is 16.1 Å². The van der Waals surface area contributed by atoms with Crippen molar-refractivity contribution in [2.24, 2.45) is 4.99 Å². The molecule has 2 aromatic rings. The highest BCUT2D eigenvalue weighted by Crippen LogP contribution is 2.19. The zero-order valence-electron chi connectivity index (χ0n) is 14.7. The second-order valence-electron chi connectivity index (χ2n) is 5.78. The van der Waals surface area contributed by atoms with Crippen LogP contribution >= 0.6 is 35.3 Å². The zero-order chi connectivity index (χ0) is 16.7. The Balaban J connectivity index is 0.00000288. The smallest absolute Gasteiger partial charge is 0.191 e. The fourth-order valence-corrected chi connectivity index (χ4v) is 3.03. The molecule has 4 nitrogen and oxygen atoms in total. The molecule has 0 amide bonds. The lowest BCUT2D eigenvalue weighted by Crippen LogP contribution is -2.38. The van der Waals surface area contributed by atoms with Crippen molar-refractivity contribution in [2.45, 2.75) is 19.4 Å². The maximum atomic E-state index is 4.29. The largest absolute Gasteiger partial charge is 0.378 e.